The lowest BCUT2D eigenvalue weighted by molar-refractivity contribution is -0.138. The molecule has 2 fully saturated rings. The monoisotopic (exact) mass is 317 g/mol. The van der Waals surface area contributed by atoms with Crippen LogP contribution in [0.2, 0.25) is 0 Å². The Morgan fingerprint density at radius 3 is 2.67 bits per heavy atom. The first-order valence-electron chi connectivity index (χ1n) is 7.86. The minimum absolute atomic E-state index is 0.000801. The van der Waals surface area contributed by atoms with Gasteiger partial charge >= 0.3 is 5.97 Å². The molecule has 0 aromatic heterocycles. The Kier molecular flexibility index (Phi) is 4.98. The highest BCUT2D eigenvalue weighted by atomic mass is 32.2. The van der Waals surface area contributed by atoms with E-state index in [0.29, 0.717) is 18.0 Å². The Balaban J connectivity index is 2.10. The van der Waals surface area contributed by atoms with Crippen LogP contribution in [0, 0.1) is 5.41 Å². The first kappa shape index (κ1) is 16.7. The lowest BCUT2D eigenvalue weighted by Crippen LogP contribution is -2.53. The minimum atomic E-state index is -3.09. The number of nitrogens with zero attached hydrogens (tertiary/aromatic N) is 1. The molecule has 0 aromatic carbocycles. The fourth-order valence-corrected chi connectivity index (χ4v) is 5.28. The van der Waals surface area contributed by atoms with Crippen molar-refractivity contribution in [3.8, 4) is 0 Å². The number of hydrogen-bond donors (Lipinski definition) is 1. The van der Waals surface area contributed by atoms with Gasteiger partial charge in [-0.05, 0) is 31.1 Å². The first-order chi connectivity index (χ1) is 9.69. The third kappa shape index (κ3) is 4.68. The standard InChI is InChI=1S/C15H27NO4S/c1-15(2)6-3-4-12(5-7-15)16-8-9-21(19,20)11-13(16)10-14(17)18/h12-13H,3-11H2,1-2H3,(H,17,18). The van der Waals surface area contributed by atoms with Crippen molar-refractivity contribution < 1.29 is 18.3 Å². The van der Waals surface area contributed by atoms with E-state index in [4.69, 9.17) is 5.11 Å². The summed E-state index contributed by atoms with van der Waals surface area (Å²) in [5.74, 6) is -0.738. The molecule has 21 heavy (non-hydrogen) atoms. The zero-order valence-corrected chi connectivity index (χ0v) is 13.9. The van der Waals surface area contributed by atoms with Crippen molar-refractivity contribution in [2.24, 2.45) is 5.41 Å². The number of carboxylic acid groups (broad SMARTS) is 1. The van der Waals surface area contributed by atoms with Crippen LogP contribution in [-0.2, 0) is 14.6 Å². The van der Waals surface area contributed by atoms with Crippen LogP contribution >= 0.6 is 0 Å². The van der Waals surface area contributed by atoms with E-state index in [-0.39, 0.29) is 24.0 Å². The largest absolute Gasteiger partial charge is 0.481 e. The molecule has 2 rings (SSSR count). The summed E-state index contributed by atoms with van der Waals surface area (Å²) in [5, 5.41) is 9.07. The molecular weight excluding hydrogens is 290 g/mol. The summed E-state index contributed by atoms with van der Waals surface area (Å²) in [5.41, 5.74) is 0.346. The van der Waals surface area contributed by atoms with Gasteiger partial charge in [0.25, 0.3) is 0 Å². The van der Waals surface area contributed by atoms with Crippen LogP contribution < -0.4 is 0 Å². The van der Waals surface area contributed by atoms with Crippen molar-refractivity contribution in [2.75, 3.05) is 18.1 Å². The summed E-state index contributed by atoms with van der Waals surface area (Å²) in [6.45, 7) is 5.06. The molecule has 0 spiro atoms. The molecule has 2 atom stereocenters. The highest BCUT2D eigenvalue weighted by Gasteiger charge is 2.37. The van der Waals surface area contributed by atoms with Crippen LogP contribution in [0.15, 0.2) is 0 Å². The number of carbonyl (C=O) groups is 1. The number of carboxylic acids is 1. The summed E-state index contributed by atoms with van der Waals surface area (Å²) in [6.07, 6.45) is 5.49. The lowest BCUT2D eigenvalue weighted by atomic mass is 9.85. The normalized spacial score (nSPS) is 33.2. The number of sulfone groups is 1. The molecule has 1 heterocycles. The number of hydrogen-bond acceptors (Lipinski definition) is 4. The quantitative estimate of drug-likeness (QED) is 0.805. The molecule has 0 radical (unpaired) electrons. The highest BCUT2D eigenvalue weighted by molar-refractivity contribution is 7.91. The SMILES string of the molecule is CC1(C)CCCC(N2CCS(=O)(=O)CC2CC(=O)O)CC1. The molecule has 1 aliphatic carbocycles. The molecule has 2 aliphatic rings. The highest BCUT2D eigenvalue weighted by Crippen LogP contribution is 2.36. The van der Waals surface area contributed by atoms with Gasteiger partial charge in [-0.1, -0.05) is 20.3 Å². The maximum absolute atomic E-state index is 11.8. The van der Waals surface area contributed by atoms with E-state index < -0.39 is 15.8 Å². The lowest BCUT2D eigenvalue weighted by Gasteiger charge is -2.40. The van der Waals surface area contributed by atoms with Crippen LogP contribution in [-0.4, -0.2) is 54.5 Å². The third-order valence-corrected chi connectivity index (χ3v) is 6.70. The molecule has 5 nitrogen and oxygen atoms in total. The second kappa shape index (κ2) is 6.24. The average molecular weight is 317 g/mol. The predicted molar refractivity (Wildman–Crippen MR) is 82.1 cm³/mol. The van der Waals surface area contributed by atoms with Gasteiger partial charge in [0.1, 0.15) is 0 Å². The van der Waals surface area contributed by atoms with Gasteiger partial charge in [0.2, 0.25) is 0 Å². The van der Waals surface area contributed by atoms with Gasteiger partial charge in [-0.15, -0.1) is 0 Å². The van der Waals surface area contributed by atoms with Crippen LogP contribution in [0.4, 0.5) is 0 Å². The maximum atomic E-state index is 11.8. The molecule has 0 aromatic rings. The molecule has 1 saturated carbocycles. The van der Waals surface area contributed by atoms with Crippen LogP contribution in [0.1, 0.15) is 52.4 Å². The molecule has 2 unspecified atom stereocenters. The predicted octanol–water partition coefficient (Wildman–Crippen LogP) is 1.92. The summed E-state index contributed by atoms with van der Waals surface area (Å²) in [4.78, 5) is 13.2. The van der Waals surface area contributed by atoms with E-state index in [1.165, 1.54) is 6.42 Å². The summed E-state index contributed by atoms with van der Waals surface area (Å²) in [7, 11) is -3.09. The van der Waals surface area contributed by atoms with Gasteiger partial charge in [0.05, 0.1) is 17.9 Å². The molecule has 0 amide bonds. The third-order valence-electron chi connectivity index (χ3n) is 5.00. The molecular formula is C15H27NO4S. The van der Waals surface area contributed by atoms with Crippen LogP contribution in [0.5, 0.6) is 0 Å². The van der Waals surface area contributed by atoms with Crippen LogP contribution in [0.25, 0.3) is 0 Å². The van der Waals surface area contributed by atoms with Crippen LogP contribution in [0.3, 0.4) is 0 Å². The van der Waals surface area contributed by atoms with Gasteiger partial charge in [-0.2, -0.15) is 0 Å². The average Bonchev–Trinajstić information content (AvgIpc) is 2.49. The molecule has 6 heteroatoms. The molecule has 1 aliphatic heterocycles. The Labute approximate surface area is 127 Å². The van der Waals surface area contributed by atoms with E-state index >= 15 is 0 Å². The second-order valence-corrected chi connectivity index (χ2v) is 9.58. The number of rotatable bonds is 3. The van der Waals surface area contributed by atoms with Crippen molar-refractivity contribution in [1.82, 2.24) is 4.90 Å². The van der Waals surface area contributed by atoms with Crippen molar-refractivity contribution >= 4 is 15.8 Å². The van der Waals surface area contributed by atoms with Gasteiger partial charge < -0.3 is 5.11 Å². The smallest absolute Gasteiger partial charge is 0.304 e. The Bertz CT molecular complexity index is 486. The summed E-state index contributed by atoms with van der Waals surface area (Å²) in [6, 6.07) is -0.0147. The fraction of sp³-hybridized carbons (Fsp3) is 0.933. The fourth-order valence-electron chi connectivity index (χ4n) is 3.73. The van der Waals surface area contributed by atoms with E-state index in [2.05, 4.69) is 18.7 Å². The first-order valence-corrected chi connectivity index (χ1v) is 9.69. The Hall–Kier alpha value is -0.620. The molecule has 0 bridgehead atoms. The molecule has 122 valence electrons. The van der Waals surface area contributed by atoms with Gasteiger partial charge in [-0.3, -0.25) is 9.69 Å². The maximum Gasteiger partial charge on any atom is 0.304 e. The second-order valence-electron chi connectivity index (χ2n) is 7.35. The van der Waals surface area contributed by atoms with Crippen molar-refractivity contribution in [3.63, 3.8) is 0 Å². The summed E-state index contributed by atoms with van der Waals surface area (Å²) >= 11 is 0. The van der Waals surface area contributed by atoms with E-state index in [0.717, 1.165) is 25.7 Å². The topological polar surface area (TPSA) is 74.7 Å². The number of aliphatic carboxylic acids is 1. The van der Waals surface area contributed by atoms with Crippen molar-refractivity contribution in [3.05, 3.63) is 0 Å². The van der Waals surface area contributed by atoms with Gasteiger partial charge in [0.15, 0.2) is 9.84 Å². The zero-order valence-electron chi connectivity index (χ0n) is 13.0. The molecule has 1 N–H and O–H groups in total. The van der Waals surface area contributed by atoms with Gasteiger partial charge in [-0.25, -0.2) is 8.42 Å². The van der Waals surface area contributed by atoms with Gasteiger partial charge in [0, 0.05) is 18.6 Å². The Morgan fingerprint density at radius 1 is 1.29 bits per heavy atom. The van der Waals surface area contributed by atoms with E-state index in [9.17, 15) is 13.2 Å². The molecule has 1 saturated heterocycles. The minimum Gasteiger partial charge on any atom is -0.481 e. The zero-order chi connectivity index (χ0) is 15.7. The Morgan fingerprint density at radius 2 is 2.00 bits per heavy atom. The van der Waals surface area contributed by atoms with Crippen molar-refractivity contribution in [1.29, 1.82) is 0 Å². The summed E-state index contributed by atoms with van der Waals surface area (Å²) < 4.78 is 23.6. The van der Waals surface area contributed by atoms with E-state index in [1.54, 1.807) is 0 Å². The van der Waals surface area contributed by atoms with Crippen molar-refractivity contribution in [2.45, 2.75) is 64.5 Å². The van der Waals surface area contributed by atoms with E-state index in [1.807, 2.05) is 0 Å².